The monoisotopic (exact) mass is 249 g/mol. The maximum absolute atomic E-state index is 5.14. The van der Waals surface area contributed by atoms with Crippen molar-refractivity contribution in [2.24, 2.45) is 0 Å². The van der Waals surface area contributed by atoms with Crippen LogP contribution in [0.3, 0.4) is 0 Å². The smallest absolute Gasteiger partial charge is 0.0613 e. The first kappa shape index (κ1) is 12.6. The van der Waals surface area contributed by atoms with Crippen molar-refractivity contribution in [2.45, 2.75) is 25.9 Å². The quantitative estimate of drug-likeness (QED) is 0.874. The van der Waals surface area contributed by atoms with E-state index in [1.807, 2.05) is 11.3 Å². The largest absolute Gasteiger partial charge is 0.383 e. The number of thiophene rings is 1. The topological polar surface area (TPSA) is 21.3 Å². The lowest BCUT2D eigenvalue weighted by Crippen LogP contribution is -2.32. The number of ether oxygens (including phenoxy) is 1. The highest BCUT2D eigenvalue weighted by Crippen LogP contribution is 2.29. The molecule has 17 heavy (non-hydrogen) atoms. The van der Waals surface area contributed by atoms with Crippen molar-refractivity contribution in [1.29, 1.82) is 0 Å². The van der Waals surface area contributed by atoms with Crippen LogP contribution in [0.25, 0.3) is 10.1 Å². The second-order valence-corrected chi connectivity index (χ2v) is 5.55. The zero-order valence-electron chi connectivity index (χ0n) is 10.6. The molecule has 1 N–H and O–H groups in total. The van der Waals surface area contributed by atoms with Gasteiger partial charge in [0, 0.05) is 28.8 Å². The highest BCUT2D eigenvalue weighted by Gasteiger charge is 2.11. The zero-order chi connectivity index (χ0) is 12.3. The van der Waals surface area contributed by atoms with Crippen LogP contribution in [0.2, 0.25) is 0 Å². The van der Waals surface area contributed by atoms with Crippen LogP contribution in [0.5, 0.6) is 0 Å². The summed E-state index contributed by atoms with van der Waals surface area (Å²) in [7, 11) is 1.74. The zero-order valence-corrected chi connectivity index (χ0v) is 11.4. The molecule has 0 radical (unpaired) electrons. The molecular formula is C14H19NOS. The Morgan fingerprint density at radius 3 is 2.76 bits per heavy atom. The Morgan fingerprint density at radius 2 is 2.06 bits per heavy atom. The van der Waals surface area contributed by atoms with E-state index in [0.29, 0.717) is 12.1 Å². The van der Waals surface area contributed by atoms with Crippen molar-refractivity contribution in [3.8, 4) is 0 Å². The molecule has 1 aromatic heterocycles. The summed E-state index contributed by atoms with van der Waals surface area (Å²) in [5.41, 5.74) is 0. The Morgan fingerprint density at radius 1 is 1.29 bits per heavy atom. The van der Waals surface area contributed by atoms with E-state index >= 15 is 0 Å². The number of benzene rings is 1. The first-order valence-electron chi connectivity index (χ1n) is 5.94. The van der Waals surface area contributed by atoms with E-state index in [0.717, 1.165) is 6.61 Å². The first-order chi connectivity index (χ1) is 8.20. The SMILES string of the molecule is COCC(C)NC(C)c1cc2ccccc2s1. The highest BCUT2D eigenvalue weighted by molar-refractivity contribution is 7.19. The Labute approximate surface area is 107 Å². The van der Waals surface area contributed by atoms with Crippen LogP contribution in [0.15, 0.2) is 30.3 Å². The first-order valence-corrected chi connectivity index (χ1v) is 6.76. The van der Waals surface area contributed by atoms with E-state index in [4.69, 9.17) is 4.74 Å². The van der Waals surface area contributed by atoms with Crippen LogP contribution in [-0.2, 0) is 4.74 Å². The molecule has 0 saturated heterocycles. The van der Waals surface area contributed by atoms with Gasteiger partial charge in [-0.2, -0.15) is 0 Å². The molecule has 2 rings (SSSR count). The molecule has 0 saturated carbocycles. The number of methoxy groups -OCH3 is 1. The summed E-state index contributed by atoms with van der Waals surface area (Å²) < 4.78 is 6.50. The minimum absolute atomic E-state index is 0.373. The molecular weight excluding hydrogens is 230 g/mol. The van der Waals surface area contributed by atoms with Crippen molar-refractivity contribution in [3.05, 3.63) is 35.2 Å². The predicted molar refractivity (Wildman–Crippen MR) is 74.7 cm³/mol. The van der Waals surface area contributed by atoms with Gasteiger partial charge in [-0.1, -0.05) is 18.2 Å². The average molecular weight is 249 g/mol. The van der Waals surface area contributed by atoms with Crippen molar-refractivity contribution in [1.82, 2.24) is 5.32 Å². The number of hydrogen-bond donors (Lipinski definition) is 1. The lowest BCUT2D eigenvalue weighted by Gasteiger charge is -2.18. The van der Waals surface area contributed by atoms with Gasteiger partial charge in [0.05, 0.1) is 6.61 Å². The van der Waals surface area contributed by atoms with Crippen LogP contribution in [0.1, 0.15) is 24.8 Å². The lowest BCUT2D eigenvalue weighted by atomic mass is 10.2. The Kier molecular flexibility index (Phi) is 4.15. The fourth-order valence-corrected chi connectivity index (χ4v) is 3.10. The maximum Gasteiger partial charge on any atom is 0.0613 e. The third-order valence-corrected chi connectivity index (χ3v) is 4.12. The van der Waals surface area contributed by atoms with Gasteiger partial charge in [0.2, 0.25) is 0 Å². The second-order valence-electron chi connectivity index (χ2n) is 4.43. The third-order valence-electron chi connectivity index (χ3n) is 2.82. The van der Waals surface area contributed by atoms with Crippen molar-refractivity contribution in [2.75, 3.05) is 13.7 Å². The molecule has 0 aliphatic rings. The van der Waals surface area contributed by atoms with Gasteiger partial charge >= 0.3 is 0 Å². The molecule has 0 fully saturated rings. The Bertz CT molecular complexity index is 447. The van der Waals surface area contributed by atoms with Gasteiger partial charge in [-0.05, 0) is 31.4 Å². The fraction of sp³-hybridized carbons (Fsp3) is 0.429. The van der Waals surface area contributed by atoms with Crippen LogP contribution >= 0.6 is 11.3 Å². The van der Waals surface area contributed by atoms with E-state index in [-0.39, 0.29) is 0 Å². The molecule has 1 heterocycles. The van der Waals surface area contributed by atoms with E-state index in [1.54, 1.807) is 7.11 Å². The summed E-state index contributed by atoms with van der Waals surface area (Å²) in [6, 6.07) is 11.5. The molecule has 1 aromatic carbocycles. The lowest BCUT2D eigenvalue weighted by molar-refractivity contribution is 0.168. The van der Waals surface area contributed by atoms with Gasteiger partial charge in [0.1, 0.15) is 0 Å². The molecule has 0 spiro atoms. The van der Waals surface area contributed by atoms with Gasteiger partial charge < -0.3 is 10.1 Å². The van der Waals surface area contributed by atoms with E-state index in [1.165, 1.54) is 15.0 Å². The van der Waals surface area contributed by atoms with Crippen LogP contribution in [0.4, 0.5) is 0 Å². The molecule has 2 aromatic rings. The van der Waals surface area contributed by atoms with Crippen LogP contribution < -0.4 is 5.32 Å². The summed E-state index contributed by atoms with van der Waals surface area (Å²) in [6.07, 6.45) is 0. The standard InChI is InChI=1S/C14H19NOS/c1-10(9-16-3)15-11(2)14-8-12-6-4-5-7-13(12)17-14/h4-8,10-11,15H,9H2,1-3H3. The highest BCUT2D eigenvalue weighted by atomic mass is 32.1. The summed E-state index contributed by atoms with van der Waals surface area (Å²) in [4.78, 5) is 1.38. The molecule has 0 aliphatic heterocycles. The number of hydrogen-bond acceptors (Lipinski definition) is 3. The van der Waals surface area contributed by atoms with Gasteiger partial charge in [-0.3, -0.25) is 0 Å². The summed E-state index contributed by atoms with van der Waals surface area (Å²) in [5, 5.41) is 4.88. The van der Waals surface area contributed by atoms with Gasteiger partial charge in [0.15, 0.2) is 0 Å². The molecule has 2 atom stereocenters. The molecule has 3 heteroatoms. The van der Waals surface area contributed by atoms with Crippen molar-refractivity contribution >= 4 is 21.4 Å². The fourth-order valence-electron chi connectivity index (χ4n) is 2.02. The van der Waals surface area contributed by atoms with Gasteiger partial charge in [0.25, 0.3) is 0 Å². The molecule has 0 aliphatic carbocycles. The number of fused-ring (bicyclic) bond motifs is 1. The summed E-state index contributed by atoms with van der Waals surface area (Å²) in [5.74, 6) is 0. The van der Waals surface area contributed by atoms with Crippen LogP contribution in [0, 0.1) is 0 Å². The molecule has 0 bridgehead atoms. The third kappa shape index (κ3) is 3.06. The summed E-state index contributed by atoms with van der Waals surface area (Å²) >= 11 is 1.86. The number of rotatable bonds is 5. The van der Waals surface area contributed by atoms with Crippen molar-refractivity contribution in [3.63, 3.8) is 0 Å². The van der Waals surface area contributed by atoms with Crippen LogP contribution in [-0.4, -0.2) is 19.8 Å². The minimum Gasteiger partial charge on any atom is -0.383 e. The van der Waals surface area contributed by atoms with Crippen molar-refractivity contribution < 1.29 is 4.74 Å². The minimum atomic E-state index is 0.373. The van der Waals surface area contributed by atoms with Gasteiger partial charge in [-0.25, -0.2) is 0 Å². The molecule has 2 nitrogen and oxygen atoms in total. The summed E-state index contributed by atoms with van der Waals surface area (Å²) in [6.45, 7) is 5.10. The van der Waals surface area contributed by atoms with E-state index in [9.17, 15) is 0 Å². The van der Waals surface area contributed by atoms with E-state index < -0.39 is 0 Å². The normalized spacial score (nSPS) is 15.0. The second kappa shape index (κ2) is 5.63. The maximum atomic E-state index is 5.14. The molecule has 0 amide bonds. The van der Waals surface area contributed by atoms with E-state index in [2.05, 4.69) is 49.5 Å². The molecule has 92 valence electrons. The number of nitrogens with one attached hydrogen (secondary N) is 1. The Hall–Kier alpha value is -0.900. The molecule has 2 unspecified atom stereocenters. The van der Waals surface area contributed by atoms with Gasteiger partial charge in [-0.15, -0.1) is 11.3 Å². The Balaban J connectivity index is 2.10. The predicted octanol–water partition coefficient (Wildman–Crippen LogP) is 3.59. The average Bonchev–Trinajstić information content (AvgIpc) is 2.72.